The van der Waals surface area contributed by atoms with Gasteiger partial charge in [0.15, 0.2) is 0 Å². The highest BCUT2D eigenvalue weighted by Crippen LogP contribution is 2.28. The summed E-state index contributed by atoms with van der Waals surface area (Å²) in [5, 5.41) is 11.6. The van der Waals surface area contributed by atoms with E-state index < -0.39 is 0 Å². The summed E-state index contributed by atoms with van der Waals surface area (Å²) in [6.07, 6.45) is 5.43. The van der Waals surface area contributed by atoms with Gasteiger partial charge in [-0.2, -0.15) is 5.26 Å². The first-order chi connectivity index (χ1) is 8.86. The Balaban J connectivity index is 1.93. The summed E-state index contributed by atoms with van der Waals surface area (Å²) < 4.78 is 0. The van der Waals surface area contributed by atoms with Crippen LogP contribution in [0.25, 0.3) is 11.3 Å². The lowest BCUT2D eigenvalue weighted by Gasteiger charge is -2.16. The lowest BCUT2D eigenvalue weighted by molar-refractivity contribution is 0.686. The number of hydrogen-bond acceptors (Lipinski definition) is 3. The smallest absolute Gasteiger partial charge is 0.107 e. The Morgan fingerprint density at radius 3 is 2.89 bits per heavy atom. The minimum Gasteiger partial charge on any atom is -0.240 e. The molecule has 0 saturated heterocycles. The second-order valence-electron chi connectivity index (χ2n) is 4.65. The van der Waals surface area contributed by atoms with Gasteiger partial charge in [0.05, 0.1) is 18.2 Å². The summed E-state index contributed by atoms with van der Waals surface area (Å²) in [6, 6.07) is 8.83. The van der Waals surface area contributed by atoms with E-state index in [2.05, 4.69) is 34.6 Å². The van der Waals surface area contributed by atoms with E-state index >= 15 is 0 Å². The molecule has 0 N–H and O–H groups in total. The zero-order valence-electron chi connectivity index (χ0n) is 10.1. The average Bonchev–Trinajstić information content (AvgIpc) is 2.87. The Kier molecular flexibility index (Phi) is 3.12. The molecule has 18 heavy (non-hydrogen) atoms. The predicted molar refractivity (Wildman–Crippen MR) is 73.5 cm³/mol. The van der Waals surface area contributed by atoms with Crippen molar-refractivity contribution in [3.8, 4) is 17.3 Å². The molecule has 0 bridgehead atoms. The van der Waals surface area contributed by atoms with Gasteiger partial charge in [-0.3, -0.25) is 0 Å². The molecule has 0 amide bonds. The van der Waals surface area contributed by atoms with Gasteiger partial charge < -0.3 is 0 Å². The molecule has 3 heteroatoms. The van der Waals surface area contributed by atoms with Crippen molar-refractivity contribution >= 4 is 11.3 Å². The maximum Gasteiger partial charge on any atom is 0.107 e. The van der Waals surface area contributed by atoms with Gasteiger partial charge in [0, 0.05) is 10.9 Å². The van der Waals surface area contributed by atoms with Gasteiger partial charge in [0.1, 0.15) is 5.01 Å². The van der Waals surface area contributed by atoms with E-state index in [0.717, 1.165) is 10.7 Å². The van der Waals surface area contributed by atoms with Crippen LogP contribution in [0.3, 0.4) is 0 Å². The molecule has 1 heterocycles. The van der Waals surface area contributed by atoms with Crippen LogP contribution in [0.1, 0.15) is 29.0 Å². The topological polar surface area (TPSA) is 36.7 Å². The lowest BCUT2D eigenvalue weighted by atomic mass is 9.90. The van der Waals surface area contributed by atoms with Crippen molar-refractivity contribution in [1.82, 2.24) is 4.98 Å². The largest absolute Gasteiger partial charge is 0.240 e. The molecule has 0 radical (unpaired) electrons. The summed E-state index contributed by atoms with van der Waals surface area (Å²) in [5.74, 6) is 0. The van der Waals surface area contributed by atoms with E-state index in [1.807, 2.05) is 0 Å². The SMILES string of the molecule is N#CCc1nc(-c2ccc3c(c2)CCCC3)cs1. The summed E-state index contributed by atoms with van der Waals surface area (Å²) in [4.78, 5) is 4.52. The fourth-order valence-electron chi connectivity index (χ4n) is 2.49. The number of benzene rings is 1. The van der Waals surface area contributed by atoms with Crippen molar-refractivity contribution in [2.75, 3.05) is 0 Å². The van der Waals surface area contributed by atoms with Crippen LogP contribution in [0.2, 0.25) is 0 Å². The van der Waals surface area contributed by atoms with Crippen molar-refractivity contribution in [3.05, 3.63) is 39.7 Å². The van der Waals surface area contributed by atoms with Gasteiger partial charge in [-0.1, -0.05) is 12.1 Å². The van der Waals surface area contributed by atoms with E-state index in [1.54, 1.807) is 11.3 Å². The number of rotatable bonds is 2. The second kappa shape index (κ2) is 4.91. The van der Waals surface area contributed by atoms with E-state index in [1.165, 1.54) is 42.4 Å². The summed E-state index contributed by atoms with van der Waals surface area (Å²) in [5.41, 5.74) is 5.18. The van der Waals surface area contributed by atoms with Gasteiger partial charge in [0.2, 0.25) is 0 Å². The van der Waals surface area contributed by atoms with Crippen molar-refractivity contribution in [2.24, 2.45) is 0 Å². The molecule has 2 nitrogen and oxygen atoms in total. The van der Waals surface area contributed by atoms with Crippen molar-refractivity contribution in [1.29, 1.82) is 5.26 Å². The molecule has 0 spiro atoms. The van der Waals surface area contributed by atoms with Crippen LogP contribution in [0, 0.1) is 11.3 Å². The Labute approximate surface area is 111 Å². The van der Waals surface area contributed by atoms with Gasteiger partial charge >= 0.3 is 0 Å². The first-order valence-corrected chi connectivity index (χ1v) is 7.18. The lowest BCUT2D eigenvalue weighted by Crippen LogP contribution is -2.02. The highest BCUT2D eigenvalue weighted by molar-refractivity contribution is 7.10. The van der Waals surface area contributed by atoms with Crippen LogP contribution in [-0.4, -0.2) is 4.98 Å². The Morgan fingerprint density at radius 1 is 1.22 bits per heavy atom. The van der Waals surface area contributed by atoms with Crippen LogP contribution in [0.4, 0.5) is 0 Å². The zero-order chi connectivity index (χ0) is 12.4. The molecule has 0 atom stereocenters. The highest BCUT2D eigenvalue weighted by Gasteiger charge is 2.11. The second-order valence-corrected chi connectivity index (χ2v) is 5.59. The molecule has 2 aromatic rings. The average molecular weight is 254 g/mol. The molecule has 1 aromatic carbocycles. The number of aryl methyl sites for hydroxylation is 2. The number of hydrogen-bond donors (Lipinski definition) is 0. The molecule has 0 fully saturated rings. The fraction of sp³-hybridized carbons (Fsp3) is 0.333. The Bertz CT molecular complexity index is 607. The number of thiazole rings is 1. The van der Waals surface area contributed by atoms with Crippen molar-refractivity contribution < 1.29 is 0 Å². The first-order valence-electron chi connectivity index (χ1n) is 6.30. The Morgan fingerprint density at radius 2 is 2.06 bits per heavy atom. The molecular weight excluding hydrogens is 240 g/mol. The minimum atomic E-state index is 0.412. The van der Waals surface area contributed by atoms with Gasteiger partial charge in [-0.15, -0.1) is 11.3 Å². The first kappa shape index (κ1) is 11.4. The van der Waals surface area contributed by atoms with Gasteiger partial charge in [-0.05, 0) is 42.9 Å². The van der Waals surface area contributed by atoms with Crippen LogP contribution in [0.5, 0.6) is 0 Å². The quantitative estimate of drug-likeness (QED) is 0.818. The third-order valence-electron chi connectivity index (χ3n) is 3.43. The minimum absolute atomic E-state index is 0.412. The highest BCUT2D eigenvalue weighted by atomic mass is 32.1. The van der Waals surface area contributed by atoms with Crippen LogP contribution in [-0.2, 0) is 19.3 Å². The van der Waals surface area contributed by atoms with E-state index in [0.29, 0.717) is 6.42 Å². The number of aromatic nitrogens is 1. The van der Waals surface area contributed by atoms with E-state index in [4.69, 9.17) is 5.26 Å². The normalized spacial score (nSPS) is 13.9. The molecule has 90 valence electrons. The molecule has 0 aliphatic heterocycles. The number of nitriles is 1. The Hall–Kier alpha value is -1.66. The molecule has 1 aliphatic rings. The third-order valence-corrected chi connectivity index (χ3v) is 4.28. The fourth-order valence-corrected chi connectivity index (χ4v) is 3.22. The zero-order valence-corrected chi connectivity index (χ0v) is 11.0. The monoisotopic (exact) mass is 254 g/mol. The molecule has 1 aromatic heterocycles. The molecule has 0 saturated carbocycles. The van der Waals surface area contributed by atoms with Gasteiger partial charge in [0.25, 0.3) is 0 Å². The van der Waals surface area contributed by atoms with Gasteiger partial charge in [-0.25, -0.2) is 4.98 Å². The molecule has 0 unspecified atom stereocenters. The maximum atomic E-state index is 8.67. The third kappa shape index (κ3) is 2.16. The molecule has 1 aliphatic carbocycles. The van der Waals surface area contributed by atoms with Crippen LogP contribution in [0.15, 0.2) is 23.6 Å². The van der Waals surface area contributed by atoms with Crippen molar-refractivity contribution in [3.63, 3.8) is 0 Å². The van der Waals surface area contributed by atoms with Crippen molar-refractivity contribution in [2.45, 2.75) is 32.1 Å². The standard InChI is InChI=1S/C15H14N2S/c16-8-7-15-17-14(10-18-15)13-6-5-11-3-1-2-4-12(11)9-13/h5-6,9-10H,1-4,7H2. The number of fused-ring (bicyclic) bond motifs is 1. The molecular formula is C15H14N2S. The van der Waals surface area contributed by atoms with Crippen LogP contribution < -0.4 is 0 Å². The van der Waals surface area contributed by atoms with E-state index in [-0.39, 0.29) is 0 Å². The predicted octanol–water partition coefficient (Wildman–Crippen LogP) is 3.75. The summed E-state index contributed by atoms with van der Waals surface area (Å²) in [7, 11) is 0. The maximum absolute atomic E-state index is 8.67. The molecule has 3 rings (SSSR count). The number of nitrogens with zero attached hydrogens (tertiary/aromatic N) is 2. The van der Waals surface area contributed by atoms with Crippen LogP contribution >= 0.6 is 11.3 Å². The van der Waals surface area contributed by atoms with E-state index in [9.17, 15) is 0 Å². The summed E-state index contributed by atoms with van der Waals surface area (Å²) in [6.45, 7) is 0. The summed E-state index contributed by atoms with van der Waals surface area (Å²) >= 11 is 1.57.